The third-order valence-corrected chi connectivity index (χ3v) is 10.5. The van der Waals surface area contributed by atoms with E-state index in [0.717, 1.165) is 0 Å². The van der Waals surface area contributed by atoms with E-state index >= 15 is 0 Å². The summed E-state index contributed by atoms with van der Waals surface area (Å²) in [6.07, 6.45) is 0. The van der Waals surface area contributed by atoms with Gasteiger partial charge >= 0.3 is 66.7 Å². The second-order valence-electron chi connectivity index (χ2n) is 6.44. The molecule has 0 radical (unpaired) electrons. The summed E-state index contributed by atoms with van der Waals surface area (Å²) in [4.78, 5) is 0. The normalized spacial score (nSPS) is 9.77. The summed E-state index contributed by atoms with van der Waals surface area (Å²) in [6, 6.07) is 44.1. The molecule has 0 saturated carbocycles. The van der Waals surface area contributed by atoms with E-state index in [1.807, 2.05) is 0 Å². The first-order valence-electron chi connectivity index (χ1n) is 9.70. The molecule has 0 unspecified atom stereocenters. The molecule has 4 aromatic carbocycles. The van der Waals surface area contributed by atoms with E-state index in [-0.39, 0.29) is 67.1 Å². The molecule has 0 amide bonds. The number of hydrogen-bond donors (Lipinski definition) is 0. The first-order valence-corrected chi connectivity index (χ1v) is 18.8. The maximum absolute atomic E-state index is 4.76. The van der Waals surface area contributed by atoms with Crippen LogP contribution in [0.25, 0.3) is 0 Å². The summed E-state index contributed by atoms with van der Waals surface area (Å²) < 4.78 is 0. The van der Waals surface area contributed by atoms with Crippen molar-refractivity contribution in [1.29, 1.82) is 0 Å². The van der Waals surface area contributed by atoms with Crippen LogP contribution >= 0.6 is 56.2 Å². The first-order chi connectivity index (χ1) is 16.2. The molecule has 0 nitrogen and oxygen atoms in total. The smallest absolute Gasteiger partial charge is 0.00405 e. The SMILES string of the molecule is [Cl][Fe][Cl].[Cl][Fe][Cl].[Pd].[Pd].c1ccc(P(CP(c2ccccc2)c2ccccc2)c2ccccc2)cc1. The van der Waals surface area contributed by atoms with Gasteiger partial charge in [0.25, 0.3) is 0 Å². The van der Waals surface area contributed by atoms with Crippen LogP contribution in [0.1, 0.15) is 0 Å². The Kier molecular flexibility index (Phi) is 24.0. The molecule has 0 heterocycles. The third-order valence-electron chi connectivity index (χ3n) is 4.55. The van der Waals surface area contributed by atoms with Crippen molar-refractivity contribution in [2.24, 2.45) is 0 Å². The molecule has 0 N–H and O–H groups in total. The van der Waals surface area contributed by atoms with Crippen molar-refractivity contribution in [2.45, 2.75) is 0 Å². The molecule has 35 heavy (non-hydrogen) atoms. The molecular weight excluding hydrogens is 829 g/mol. The fraction of sp³-hybridized carbons (Fsp3) is 0.0400. The first kappa shape index (κ1) is 36.3. The summed E-state index contributed by atoms with van der Waals surface area (Å²) in [6.45, 7) is 0. The van der Waals surface area contributed by atoms with Crippen molar-refractivity contribution in [3.63, 3.8) is 0 Å². The zero-order chi connectivity index (χ0) is 23.7. The molecule has 10 heteroatoms. The number of benzene rings is 4. The number of halogens is 4. The van der Waals surface area contributed by atoms with E-state index in [1.54, 1.807) is 0 Å². The van der Waals surface area contributed by atoms with Gasteiger partial charge in [0.15, 0.2) is 0 Å². The molecule has 4 rings (SSSR count). The Hall–Kier alpha value is 1.26. The molecule has 0 saturated heterocycles. The van der Waals surface area contributed by atoms with E-state index in [4.69, 9.17) is 40.4 Å². The van der Waals surface area contributed by atoms with Crippen molar-refractivity contribution in [3.05, 3.63) is 121 Å². The monoisotopic (exact) mass is 848 g/mol. The molecule has 0 aliphatic carbocycles. The molecule has 0 aliphatic heterocycles. The number of hydrogen-bond acceptors (Lipinski definition) is 0. The molecule has 0 fully saturated rings. The fourth-order valence-electron chi connectivity index (χ4n) is 3.20. The van der Waals surface area contributed by atoms with Gasteiger partial charge in [-0.3, -0.25) is 0 Å². The van der Waals surface area contributed by atoms with Crippen molar-refractivity contribution in [2.75, 3.05) is 5.90 Å². The zero-order valence-electron chi connectivity index (χ0n) is 18.0. The minimum Gasteiger partial charge on any atom is -0.0622 e. The van der Waals surface area contributed by atoms with Crippen molar-refractivity contribution < 1.29 is 67.1 Å². The predicted octanol–water partition coefficient (Wildman–Crippen LogP) is 7.96. The Labute approximate surface area is 268 Å². The fourth-order valence-corrected chi connectivity index (χ4v) is 9.67. The van der Waals surface area contributed by atoms with E-state index in [1.165, 1.54) is 27.1 Å². The Bertz CT molecular complexity index is 847. The third kappa shape index (κ3) is 13.8. The van der Waals surface area contributed by atoms with Gasteiger partial charge < -0.3 is 0 Å². The van der Waals surface area contributed by atoms with Gasteiger partial charge in [-0.1, -0.05) is 121 Å². The van der Waals surface area contributed by atoms with Crippen LogP contribution in [0.15, 0.2) is 121 Å². The molecule has 196 valence electrons. The quantitative estimate of drug-likeness (QED) is 0.137. The van der Waals surface area contributed by atoms with Gasteiger partial charge in [-0.15, -0.1) is 0 Å². The van der Waals surface area contributed by atoms with Crippen molar-refractivity contribution >= 4 is 77.5 Å². The molecular formula is C25H22Cl4Fe2P2Pd2. The van der Waals surface area contributed by atoms with Gasteiger partial charge in [-0.25, -0.2) is 0 Å². The van der Waals surface area contributed by atoms with Gasteiger partial charge in [-0.05, 0) is 37.1 Å². The second-order valence-corrected chi connectivity index (χ2v) is 15.0. The summed E-state index contributed by atoms with van der Waals surface area (Å²) in [5, 5.41) is 5.83. The van der Waals surface area contributed by atoms with E-state index in [9.17, 15) is 0 Å². The van der Waals surface area contributed by atoms with Gasteiger partial charge in [0.1, 0.15) is 0 Å². The van der Waals surface area contributed by atoms with Crippen LogP contribution in [-0.4, -0.2) is 5.90 Å². The van der Waals surface area contributed by atoms with Crippen LogP contribution in [0, 0.1) is 0 Å². The zero-order valence-corrected chi connectivity index (χ0v) is 28.1. The van der Waals surface area contributed by atoms with Crippen LogP contribution < -0.4 is 21.2 Å². The summed E-state index contributed by atoms with van der Waals surface area (Å²) in [7, 11) is 18.2. The predicted molar refractivity (Wildman–Crippen MR) is 146 cm³/mol. The van der Waals surface area contributed by atoms with Crippen LogP contribution in [0.5, 0.6) is 0 Å². The molecule has 0 aliphatic rings. The molecule has 0 spiro atoms. The van der Waals surface area contributed by atoms with Crippen LogP contribution in [0.4, 0.5) is 0 Å². The Balaban J connectivity index is 0.00000132. The Morgan fingerprint density at radius 3 is 0.743 bits per heavy atom. The average molecular weight is 851 g/mol. The largest absolute Gasteiger partial charge is 0.0622 e. The summed E-state index contributed by atoms with van der Waals surface area (Å²) in [5.41, 5.74) is 0. The maximum atomic E-state index is 4.76. The van der Waals surface area contributed by atoms with E-state index < -0.39 is 15.8 Å². The van der Waals surface area contributed by atoms with Gasteiger partial charge in [0, 0.05) is 46.7 Å². The van der Waals surface area contributed by atoms with E-state index in [2.05, 4.69) is 121 Å². The van der Waals surface area contributed by atoms with E-state index in [0.29, 0.717) is 0 Å². The molecule has 0 atom stereocenters. The Morgan fingerprint density at radius 1 is 0.400 bits per heavy atom. The maximum Gasteiger partial charge on any atom is 0.00405 e. The minimum absolute atomic E-state index is 0. The van der Waals surface area contributed by atoms with Gasteiger partial charge in [-0.2, -0.15) is 0 Å². The van der Waals surface area contributed by atoms with Gasteiger partial charge in [0.05, 0.1) is 0 Å². The number of rotatable bonds is 6. The topological polar surface area (TPSA) is 0 Å². The molecule has 0 aromatic heterocycles. The summed E-state index contributed by atoms with van der Waals surface area (Å²) >= 11 is 0.389. The van der Waals surface area contributed by atoms with Crippen molar-refractivity contribution in [3.8, 4) is 0 Å². The molecule has 0 bridgehead atoms. The van der Waals surface area contributed by atoms with Crippen LogP contribution in [0.2, 0.25) is 0 Å². The second kappa shape index (κ2) is 23.2. The standard InChI is InChI=1S/C25H22P2.4ClH.2Fe.2Pd/c1-5-13-22(14-6-1)26(23-15-7-2-8-16-23)21-27(24-17-9-3-10-18-24)25-19-11-4-12-20-25;;;;;;;;/h1-20H,21H2;4*1H;;;;/q;;;;;2*+2;;/p-4. The van der Waals surface area contributed by atoms with Crippen molar-refractivity contribution in [1.82, 2.24) is 0 Å². The Morgan fingerprint density at radius 2 is 0.571 bits per heavy atom. The van der Waals surface area contributed by atoms with Gasteiger partial charge in [0.2, 0.25) is 0 Å². The molecule has 4 aromatic rings. The average Bonchev–Trinajstić information content (AvgIpc) is 2.88. The van der Waals surface area contributed by atoms with Crippen LogP contribution in [0.3, 0.4) is 0 Å². The van der Waals surface area contributed by atoms with Crippen LogP contribution in [-0.2, 0) is 67.1 Å². The summed E-state index contributed by atoms with van der Waals surface area (Å²) in [5.74, 6) is 1.17. The minimum atomic E-state index is -0.409.